The molecule has 54 valence electrons. The Labute approximate surface area is 58.2 Å². The second-order valence-corrected chi connectivity index (χ2v) is 4.42. The van der Waals surface area contributed by atoms with Crippen molar-refractivity contribution < 1.29 is 8.42 Å². The van der Waals surface area contributed by atoms with Crippen molar-refractivity contribution in [3.05, 3.63) is 17.7 Å². The monoisotopic (exact) mass is 158 g/mol. The van der Waals surface area contributed by atoms with Gasteiger partial charge in [-0.2, -0.15) is 0 Å². The smallest absolute Gasteiger partial charge is 0.161 e. The fraction of sp³-hybridized carbons (Fsp3) is 0.400. The van der Waals surface area contributed by atoms with Crippen molar-refractivity contribution in [1.82, 2.24) is 9.97 Å². The summed E-state index contributed by atoms with van der Waals surface area (Å²) in [5.74, 6) is 0.230. The van der Waals surface area contributed by atoms with E-state index in [1.54, 1.807) is 0 Å². The van der Waals surface area contributed by atoms with E-state index in [-0.39, 0.29) is 11.5 Å². The Kier molecular flexibility index (Phi) is 0.947. The second kappa shape index (κ2) is 1.60. The van der Waals surface area contributed by atoms with E-state index >= 15 is 0 Å². The highest BCUT2D eigenvalue weighted by Gasteiger charge is 2.26. The molecule has 0 aromatic carbocycles. The topological polar surface area (TPSA) is 62.8 Å². The molecule has 1 aliphatic rings. The molecule has 0 atom stereocenters. The predicted molar refractivity (Wildman–Crippen MR) is 34.9 cm³/mol. The lowest BCUT2D eigenvalue weighted by Crippen LogP contribution is -1.97. The molecule has 0 bridgehead atoms. The Morgan fingerprint density at radius 3 is 3.00 bits per heavy atom. The first-order valence-corrected chi connectivity index (χ1v) is 4.71. The summed E-state index contributed by atoms with van der Waals surface area (Å²) in [5, 5.41) is 0. The number of fused-ring (bicyclic) bond motifs is 1. The van der Waals surface area contributed by atoms with Gasteiger partial charge >= 0.3 is 0 Å². The fourth-order valence-electron chi connectivity index (χ4n) is 1.08. The summed E-state index contributed by atoms with van der Waals surface area (Å²) in [6.45, 7) is 0. The molecule has 4 nitrogen and oxygen atoms in total. The maximum atomic E-state index is 10.9. The quantitative estimate of drug-likeness (QED) is 0.570. The maximum absolute atomic E-state index is 10.9. The van der Waals surface area contributed by atoms with Crippen LogP contribution in [0.15, 0.2) is 6.33 Å². The van der Waals surface area contributed by atoms with Crippen molar-refractivity contribution in [2.75, 3.05) is 0 Å². The molecular weight excluding hydrogens is 152 g/mol. The lowest BCUT2D eigenvalue weighted by Gasteiger charge is -1.85. The summed E-state index contributed by atoms with van der Waals surface area (Å²) in [7, 11) is -2.86. The Hall–Kier alpha value is -0.840. The Balaban J connectivity index is 2.56. The van der Waals surface area contributed by atoms with Gasteiger partial charge in [0.2, 0.25) is 0 Å². The number of nitrogens with zero attached hydrogens (tertiary/aromatic N) is 1. The molecule has 0 saturated carbocycles. The zero-order valence-corrected chi connectivity index (χ0v) is 5.98. The van der Waals surface area contributed by atoms with Crippen LogP contribution in [0.3, 0.4) is 0 Å². The summed E-state index contributed by atoms with van der Waals surface area (Å²) in [6, 6.07) is 0. The number of hydrogen-bond acceptors (Lipinski definition) is 3. The van der Waals surface area contributed by atoms with Gasteiger partial charge in [-0.1, -0.05) is 0 Å². The van der Waals surface area contributed by atoms with Crippen LogP contribution in [-0.2, 0) is 21.3 Å². The van der Waals surface area contributed by atoms with Gasteiger partial charge in [0.15, 0.2) is 9.84 Å². The third-order valence-corrected chi connectivity index (χ3v) is 2.97. The highest BCUT2D eigenvalue weighted by atomic mass is 32.2. The van der Waals surface area contributed by atoms with Crippen molar-refractivity contribution in [1.29, 1.82) is 0 Å². The molecule has 0 radical (unpaired) electrons. The number of imidazole rings is 1. The van der Waals surface area contributed by atoms with Crippen LogP contribution in [0, 0.1) is 0 Å². The molecule has 1 aromatic heterocycles. The van der Waals surface area contributed by atoms with E-state index in [9.17, 15) is 8.42 Å². The Morgan fingerprint density at radius 2 is 2.30 bits per heavy atom. The zero-order chi connectivity index (χ0) is 7.19. The van der Waals surface area contributed by atoms with Crippen LogP contribution in [0.25, 0.3) is 0 Å². The van der Waals surface area contributed by atoms with E-state index in [1.807, 2.05) is 0 Å². The van der Waals surface area contributed by atoms with Crippen LogP contribution < -0.4 is 0 Å². The molecular formula is C5H6N2O2S. The molecule has 0 amide bonds. The molecule has 0 aliphatic carbocycles. The lowest BCUT2D eigenvalue weighted by molar-refractivity contribution is 0.597. The van der Waals surface area contributed by atoms with E-state index in [0.717, 1.165) is 5.69 Å². The van der Waals surface area contributed by atoms with Gasteiger partial charge in [0.25, 0.3) is 0 Å². The van der Waals surface area contributed by atoms with Crippen molar-refractivity contribution in [3.8, 4) is 0 Å². The van der Waals surface area contributed by atoms with Crippen LogP contribution in [0.2, 0.25) is 0 Å². The minimum Gasteiger partial charge on any atom is -0.347 e. The summed E-state index contributed by atoms with van der Waals surface area (Å²) in [5.41, 5.74) is 1.43. The number of aromatic amines is 1. The lowest BCUT2D eigenvalue weighted by atomic mass is 10.4. The highest BCUT2D eigenvalue weighted by molar-refractivity contribution is 7.90. The zero-order valence-electron chi connectivity index (χ0n) is 5.16. The maximum Gasteiger partial charge on any atom is 0.161 e. The number of rotatable bonds is 0. The van der Waals surface area contributed by atoms with Gasteiger partial charge in [-0.05, 0) is 0 Å². The van der Waals surface area contributed by atoms with Gasteiger partial charge in [-0.3, -0.25) is 0 Å². The molecule has 0 fully saturated rings. The van der Waals surface area contributed by atoms with Gasteiger partial charge in [0.1, 0.15) is 0 Å². The molecule has 10 heavy (non-hydrogen) atoms. The number of hydrogen-bond donors (Lipinski definition) is 1. The number of nitrogens with one attached hydrogen (secondary N) is 1. The minimum absolute atomic E-state index is 0.103. The summed E-state index contributed by atoms with van der Waals surface area (Å²) in [6.07, 6.45) is 1.53. The molecule has 0 spiro atoms. The van der Waals surface area contributed by atoms with E-state index in [0.29, 0.717) is 5.69 Å². The second-order valence-electron chi connectivity index (χ2n) is 2.36. The highest BCUT2D eigenvalue weighted by Crippen LogP contribution is 2.20. The number of sulfone groups is 1. The average Bonchev–Trinajstić information content (AvgIpc) is 2.20. The Morgan fingerprint density at radius 1 is 1.50 bits per heavy atom. The molecule has 2 heterocycles. The van der Waals surface area contributed by atoms with E-state index in [1.165, 1.54) is 6.33 Å². The molecule has 1 aromatic rings. The van der Waals surface area contributed by atoms with Crippen molar-refractivity contribution in [3.63, 3.8) is 0 Å². The van der Waals surface area contributed by atoms with Crippen LogP contribution in [-0.4, -0.2) is 18.4 Å². The minimum atomic E-state index is -2.86. The van der Waals surface area contributed by atoms with Gasteiger partial charge in [-0.15, -0.1) is 0 Å². The predicted octanol–water partition coefficient (Wildman–Crippen LogP) is -0.162. The normalized spacial score (nSPS) is 20.8. The molecule has 0 unspecified atom stereocenters. The first kappa shape index (κ1) is 5.91. The van der Waals surface area contributed by atoms with E-state index < -0.39 is 9.84 Å². The standard InChI is InChI=1S/C5H6N2O2S/c8-10(9)1-4-5(2-10)7-3-6-4/h3H,1-2H2,(H,6,7). The summed E-state index contributed by atoms with van der Waals surface area (Å²) >= 11 is 0. The van der Waals surface area contributed by atoms with Crippen molar-refractivity contribution >= 4 is 9.84 Å². The SMILES string of the molecule is O=S1(=O)Cc2nc[nH]c2C1. The molecule has 0 saturated heterocycles. The van der Waals surface area contributed by atoms with Gasteiger partial charge in [0, 0.05) is 0 Å². The average molecular weight is 158 g/mol. The fourth-order valence-corrected chi connectivity index (χ4v) is 2.54. The summed E-state index contributed by atoms with van der Waals surface area (Å²) in [4.78, 5) is 6.64. The first-order chi connectivity index (χ1) is 4.67. The van der Waals surface area contributed by atoms with Gasteiger partial charge < -0.3 is 4.98 Å². The van der Waals surface area contributed by atoms with Crippen molar-refractivity contribution in [2.45, 2.75) is 11.5 Å². The van der Waals surface area contributed by atoms with Gasteiger partial charge in [0.05, 0.1) is 29.2 Å². The first-order valence-electron chi connectivity index (χ1n) is 2.89. The third-order valence-electron chi connectivity index (χ3n) is 1.53. The number of aromatic nitrogens is 2. The van der Waals surface area contributed by atoms with Crippen LogP contribution >= 0.6 is 0 Å². The van der Waals surface area contributed by atoms with Gasteiger partial charge in [-0.25, -0.2) is 13.4 Å². The third kappa shape index (κ3) is 0.740. The van der Waals surface area contributed by atoms with E-state index in [2.05, 4.69) is 9.97 Å². The van der Waals surface area contributed by atoms with Crippen molar-refractivity contribution in [2.24, 2.45) is 0 Å². The van der Waals surface area contributed by atoms with E-state index in [4.69, 9.17) is 0 Å². The number of H-pyrrole nitrogens is 1. The summed E-state index contributed by atoms with van der Waals surface area (Å²) < 4.78 is 21.8. The molecule has 5 heteroatoms. The Bertz CT molecular complexity index is 325. The molecule has 1 aliphatic heterocycles. The van der Waals surface area contributed by atoms with Crippen LogP contribution in [0.5, 0.6) is 0 Å². The molecule has 2 rings (SSSR count). The molecule has 1 N–H and O–H groups in total. The van der Waals surface area contributed by atoms with Crippen LogP contribution in [0.4, 0.5) is 0 Å². The largest absolute Gasteiger partial charge is 0.347 e. The van der Waals surface area contributed by atoms with Crippen LogP contribution in [0.1, 0.15) is 11.4 Å².